The molecule has 0 spiro atoms. The minimum atomic E-state index is -2.68. The number of carbonyl (C=O) groups is 3. The lowest BCUT2D eigenvalue weighted by Crippen LogP contribution is -2.63. The number of fused-ring (bicyclic) bond motifs is 3. The normalized spacial score (nSPS) is 29.9. The van der Waals surface area contributed by atoms with Crippen molar-refractivity contribution in [3.05, 3.63) is 50.4 Å². The summed E-state index contributed by atoms with van der Waals surface area (Å²) in [7, 11) is 3.15. The van der Waals surface area contributed by atoms with E-state index in [1.54, 1.807) is 14.1 Å². The van der Waals surface area contributed by atoms with Gasteiger partial charge in [0.25, 0.3) is 5.91 Å². The van der Waals surface area contributed by atoms with E-state index in [0.29, 0.717) is 48.6 Å². The van der Waals surface area contributed by atoms with Gasteiger partial charge in [-0.1, -0.05) is 11.6 Å². The number of phenols is 1. The van der Waals surface area contributed by atoms with E-state index >= 15 is 0 Å². The van der Waals surface area contributed by atoms with Gasteiger partial charge in [-0.3, -0.25) is 24.2 Å². The number of halogens is 1. The number of piperidine rings is 1. The van der Waals surface area contributed by atoms with Gasteiger partial charge in [-0.05, 0) is 62.9 Å². The Morgan fingerprint density at radius 1 is 1.21 bits per heavy atom. The molecule has 1 aromatic rings. The van der Waals surface area contributed by atoms with Gasteiger partial charge in [-0.25, -0.2) is 0 Å². The van der Waals surface area contributed by atoms with E-state index in [9.17, 15) is 39.9 Å². The fourth-order valence-corrected chi connectivity index (χ4v) is 7.07. The number of rotatable bonds is 4. The first-order valence-corrected chi connectivity index (χ1v) is 13.2. The zero-order valence-corrected chi connectivity index (χ0v) is 22.4. The van der Waals surface area contributed by atoms with Gasteiger partial charge in [0.05, 0.1) is 17.7 Å². The van der Waals surface area contributed by atoms with Crippen LogP contribution in [0.3, 0.4) is 0 Å². The molecule has 12 heteroatoms. The number of Topliss-reactive ketones (excluding diaryl/α,β-unsaturated/α-hetero) is 2. The summed E-state index contributed by atoms with van der Waals surface area (Å²) in [6, 6.07) is 0.349. The Morgan fingerprint density at radius 2 is 1.85 bits per heavy atom. The zero-order chi connectivity index (χ0) is 28.5. The minimum Gasteiger partial charge on any atom is -0.510 e. The summed E-state index contributed by atoms with van der Waals surface area (Å²) in [4.78, 5) is 42.7. The largest absolute Gasteiger partial charge is 0.510 e. The quantitative estimate of drug-likeness (QED) is 0.286. The predicted molar refractivity (Wildman–Crippen MR) is 139 cm³/mol. The van der Waals surface area contributed by atoms with E-state index in [1.807, 2.05) is 0 Å². The van der Waals surface area contributed by atoms with Crippen molar-refractivity contribution in [1.29, 1.82) is 0 Å². The average molecular weight is 562 g/mol. The van der Waals surface area contributed by atoms with Gasteiger partial charge < -0.3 is 31.3 Å². The fraction of sp³-hybridized carbons (Fsp3) is 0.519. The molecule has 3 aliphatic carbocycles. The van der Waals surface area contributed by atoms with Crippen molar-refractivity contribution < 1.29 is 39.9 Å². The van der Waals surface area contributed by atoms with Gasteiger partial charge in [0.2, 0.25) is 5.78 Å². The number of likely N-dealkylation sites (tertiary alicyclic amines) is 1. The Kier molecular flexibility index (Phi) is 6.79. The summed E-state index contributed by atoms with van der Waals surface area (Å²) in [6.45, 7) is 1.72. The molecule has 0 saturated carbocycles. The van der Waals surface area contributed by atoms with Gasteiger partial charge in [0, 0.05) is 36.1 Å². The Morgan fingerprint density at radius 3 is 2.44 bits per heavy atom. The lowest BCUT2D eigenvalue weighted by molar-refractivity contribution is -0.148. The minimum absolute atomic E-state index is 0.00288. The molecule has 5 rings (SSSR count). The number of amides is 1. The smallest absolute Gasteiger partial charge is 0.255 e. The molecule has 1 aromatic carbocycles. The zero-order valence-electron chi connectivity index (χ0n) is 21.6. The number of allylic oxidation sites excluding steroid dienone is 1. The number of nitrogens with two attached hydrogens (primary N) is 1. The third-order valence-corrected chi connectivity index (χ3v) is 9.15. The van der Waals surface area contributed by atoms with Crippen molar-refractivity contribution in [1.82, 2.24) is 9.80 Å². The van der Waals surface area contributed by atoms with Crippen LogP contribution in [-0.2, 0) is 22.6 Å². The van der Waals surface area contributed by atoms with E-state index in [1.165, 1.54) is 11.0 Å². The number of phenolic OH excluding ortho intramolecular Hbond substituents is 1. The Hall–Kier alpha value is -2.96. The third kappa shape index (κ3) is 4.06. The number of ketones is 2. The highest BCUT2D eigenvalue weighted by Gasteiger charge is 2.63. The number of likely N-dealkylation sites (N-methyl/N-ethyl adjacent to an activating group) is 1. The van der Waals surface area contributed by atoms with Gasteiger partial charge >= 0.3 is 0 Å². The summed E-state index contributed by atoms with van der Waals surface area (Å²) in [5.74, 6) is -6.96. The molecular formula is C27H32ClN3O8. The molecule has 1 aliphatic heterocycles. The SMILES string of the molecule is CN(C)[C@@H]1C(O)=C(C(N)=O)C(=O)[C@@]2(O)C(O)=C3C(=O)c4c(O)cc(CN5CCC(O)CC5)c(Cl)c4C[C@H]3C[C@@H]12. The molecule has 1 fully saturated rings. The summed E-state index contributed by atoms with van der Waals surface area (Å²) in [5, 5.41) is 54.9. The monoisotopic (exact) mass is 561 g/mol. The number of aliphatic hydroxyl groups excluding tert-OH is 3. The molecule has 39 heavy (non-hydrogen) atoms. The van der Waals surface area contributed by atoms with Crippen molar-refractivity contribution in [3.8, 4) is 5.75 Å². The van der Waals surface area contributed by atoms with Crippen molar-refractivity contribution in [2.45, 2.75) is 50.0 Å². The number of aromatic hydroxyl groups is 1. The summed E-state index contributed by atoms with van der Waals surface area (Å²) in [5.41, 5.74) is 2.51. The van der Waals surface area contributed by atoms with Crippen LogP contribution in [0.15, 0.2) is 28.7 Å². The summed E-state index contributed by atoms with van der Waals surface area (Å²) >= 11 is 6.80. The van der Waals surface area contributed by atoms with Crippen LogP contribution in [0.2, 0.25) is 5.02 Å². The standard InChI is InChI=1S/C27H32ClN3O8/c1-30(2)21-15-8-11-7-14-18(16(33)9-12(20(14)28)10-31-5-3-13(32)4-6-31)22(34)17(11)24(36)27(15,39)25(37)19(23(21)35)26(29)38/h9,11,13,15,21,32-33,35-36,39H,3-8,10H2,1-2H3,(H2,29,38)/t11-,15-,21-,27-/m0/s1. The van der Waals surface area contributed by atoms with Crippen LogP contribution in [0, 0.1) is 11.8 Å². The average Bonchev–Trinajstić information content (AvgIpc) is 2.85. The second kappa shape index (κ2) is 9.60. The van der Waals surface area contributed by atoms with E-state index in [4.69, 9.17) is 17.3 Å². The first-order valence-electron chi connectivity index (χ1n) is 12.9. The van der Waals surface area contributed by atoms with Gasteiger partial charge in [-0.2, -0.15) is 0 Å². The molecule has 4 atom stereocenters. The molecule has 0 bridgehead atoms. The topological polar surface area (TPSA) is 185 Å². The predicted octanol–water partition coefficient (Wildman–Crippen LogP) is 0.731. The molecular weight excluding hydrogens is 530 g/mol. The molecule has 0 unspecified atom stereocenters. The molecule has 1 heterocycles. The maximum absolute atomic E-state index is 13.7. The van der Waals surface area contributed by atoms with E-state index in [2.05, 4.69) is 4.90 Å². The van der Waals surface area contributed by atoms with Crippen molar-refractivity contribution in [2.75, 3.05) is 27.2 Å². The molecule has 0 radical (unpaired) electrons. The first-order chi connectivity index (χ1) is 18.3. The summed E-state index contributed by atoms with van der Waals surface area (Å²) in [6.07, 6.45) is 1.03. The highest BCUT2D eigenvalue weighted by Crippen LogP contribution is 2.53. The number of nitrogens with zero attached hydrogens (tertiary/aromatic N) is 2. The molecule has 1 amide bonds. The Labute approximate surface area is 229 Å². The van der Waals surface area contributed by atoms with Crippen molar-refractivity contribution in [2.24, 2.45) is 17.6 Å². The molecule has 7 N–H and O–H groups in total. The number of hydrogen-bond donors (Lipinski definition) is 6. The Bertz CT molecular complexity index is 1350. The molecule has 4 aliphatic rings. The lowest BCUT2D eigenvalue weighted by atomic mass is 9.58. The maximum Gasteiger partial charge on any atom is 0.255 e. The van der Waals surface area contributed by atoms with Crippen LogP contribution < -0.4 is 5.73 Å². The van der Waals surface area contributed by atoms with Crippen molar-refractivity contribution in [3.63, 3.8) is 0 Å². The van der Waals surface area contributed by atoms with Crippen LogP contribution in [-0.4, -0.2) is 97.7 Å². The lowest BCUT2D eigenvalue weighted by Gasteiger charge is -2.50. The molecule has 11 nitrogen and oxygen atoms in total. The van der Waals surface area contributed by atoms with E-state index in [-0.39, 0.29) is 35.8 Å². The van der Waals surface area contributed by atoms with Crippen LogP contribution in [0.1, 0.15) is 40.7 Å². The number of hydrogen-bond acceptors (Lipinski definition) is 10. The number of benzene rings is 1. The van der Waals surface area contributed by atoms with Crippen LogP contribution in [0.5, 0.6) is 5.75 Å². The second-order valence-electron chi connectivity index (χ2n) is 11.2. The fourth-order valence-electron chi connectivity index (χ4n) is 6.79. The van der Waals surface area contributed by atoms with Gasteiger partial charge in [0.1, 0.15) is 22.8 Å². The number of aliphatic hydroxyl groups is 4. The van der Waals surface area contributed by atoms with E-state index < -0.39 is 58.0 Å². The summed E-state index contributed by atoms with van der Waals surface area (Å²) < 4.78 is 0. The van der Waals surface area contributed by atoms with Crippen LogP contribution >= 0.6 is 11.6 Å². The van der Waals surface area contributed by atoms with E-state index in [0.717, 1.165) is 0 Å². The third-order valence-electron chi connectivity index (χ3n) is 8.68. The highest BCUT2D eigenvalue weighted by atomic mass is 35.5. The maximum atomic E-state index is 13.7. The second-order valence-corrected chi connectivity index (χ2v) is 11.6. The highest BCUT2D eigenvalue weighted by molar-refractivity contribution is 6.33. The first kappa shape index (κ1) is 27.6. The molecule has 0 aromatic heterocycles. The molecule has 210 valence electrons. The van der Waals surface area contributed by atoms with Gasteiger partial charge in [-0.15, -0.1) is 0 Å². The molecule has 1 saturated heterocycles. The Balaban J connectivity index is 1.60. The number of carbonyl (C=O) groups excluding carboxylic acids is 3. The van der Waals surface area contributed by atoms with Gasteiger partial charge in [0.15, 0.2) is 11.4 Å². The number of primary amides is 1. The van der Waals surface area contributed by atoms with Crippen LogP contribution in [0.4, 0.5) is 0 Å². The van der Waals surface area contributed by atoms with Crippen LogP contribution in [0.25, 0.3) is 0 Å². The van der Waals surface area contributed by atoms with Crippen molar-refractivity contribution >= 4 is 29.1 Å².